The van der Waals surface area contributed by atoms with Crippen molar-refractivity contribution in [3.05, 3.63) is 48.0 Å². The number of benzene rings is 1. The van der Waals surface area contributed by atoms with Gasteiger partial charge in [0.15, 0.2) is 0 Å². The zero-order valence-electron chi connectivity index (χ0n) is 12.6. The second-order valence-corrected chi connectivity index (χ2v) is 4.86. The molecule has 1 aromatic carbocycles. The zero-order chi connectivity index (χ0) is 15.1. The Labute approximate surface area is 125 Å². The van der Waals surface area contributed by atoms with Crippen LogP contribution in [0.15, 0.2) is 36.7 Å². The lowest BCUT2D eigenvalue weighted by Gasteiger charge is -2.17. The number of ether oxygens (including phenoxy) is 1. The number of imidazole rings is 1. The zero-order valence-corrected chi connectivity index (χ0v) is 12.6. The summed E-state index contributed by atoms with van der Waals surface area (Å²) >= 11 is 0. The van der Waals surface area contributed by atoms with Crippen molar-refractivity contribution < 1.29 is 9.13 Å². The molecule has 0 saturated carbocycles. The molecule has 2 rings (SSSR count). The van der Waals surface area contributed by atoms with Gasteiger partial charge in [-0.3, -0.25) is 0 Å². The highest BCUT2D eigenvalue weighted by molar-refractivity contribution is 5.30. The van der Waals surface area contributed by atoms with E-state index in [0.29, 0.717) is 0 Å². The minimum Gasteiger partial charge on any atom is -0.382 e. The molecule has 0 amide bonds. The van der Waals surface area contributed by atoms with Gasteiger partial charge in [0.1, 0.15) is 5.82 Å². The maximum atomic E-state index is 13.0. The van der Waals surface area contributed by atoms with Crippen molar-refractivity contribution in [2.45, 2.75) is 26.3 Å². The van der Waals surface area contributed by atoms with Crippen LogP contribution in [0.2, 0.25) is 0 Å². The lowest BCUT2D eigenvalue weighted by Crippen LogP contribution is -2.13. The van der Waals surface area contributed by atoms with Gasteiger partial charge in [0.05, 0.1) is 6.04 Å². The topological polar surface area (TPSA) is 39.1 Å². The minimum atomic E-state index is -0.217. The van der Waals surface area contributed by atoms with E-state index in [1.165, 1.54) is 12.1 Å². The molecule has 1 atom stereocenters. The molecule has 0 fully saturated rings. The number of hydrogen-bond acceptors (Lipinski definition) is 3. The smallest absolute Gasteiger partial charge is 0.203 e. The Morgan fingerprint density at radius 1 is 1.33 bits per heavy atom. The highest BCUT2D eigenvalue weighted by atomic mass is 19.1. The van der Waals surface area contributed by atoms with Crippen molar-refractivity contribution in [3.8, 4) is 0 Å². The molecule has 0 saturated heterocycles. The van der Waals surface area contributed by atoms with E-state index in [1.807, 2.05) is 17.7 Å². The van der Waals surface area contributed by atoms with E-state index in [1.54, 1.807) is 18.3 Å². The summed E-state index contributed by atoms with van der Waals surface area (Å²) in [6, 6.07) is 6.68. The highest BCUT2D eigenvalue weighted by Crippen LogP contribution is 2.21. The maximum absolute atomic E-state index is 13.0. The number of aromatic nitrogens is 2. The quantitative estimate of drug-likeness (QED) is 0.757. The number of nitrogens with zero attached hydrogens (tertiary/aromatic N) is 2. The molecule has 114 valence electrons. The largest absolute Gasteiger partial charge is 0.382 e. The summed E-state index contributed by atoms with van der Waals surface area (Å²) in [6.07, 6.45) is 4.63. The Balaban J connectivity index is 1.97. The Morgan fingerprint density at radius 2 is 2.10 bits per heavy atom. The second-order valence-electron chi connectivity index (χ2n) is 4.86. The van der Waals surface area contributed by atoms with Crippen molar-refractivity contribution in [1.29, 1.82) is 0 Å². The van der Waals surface area contributed by atoms with Gasteiger partial charge in [0.2, 0.25) is 5.95 Å². The summed E-state index contributed by atoms with van der Waals surface area (Å²) in [7, 11) is 0. The third kappa shape index (κ3) is 4.29. The van der Waals surface area contributed by atoms with Crippen LogP contribution in [0, 0.1) is 5.82 Å². The molecule has 0 spiro atoms. The minimum absolute atomic E-state index is 0.0995. The molecule has 1 unspecified atom stereocenters. The van der Waals surface area contributed by atoms with Crippen molar-refractivity contribution in [2.24, 2.45) is 0 Å². The average molecular weight is 291 g/mol. The predicted octanol–water partition coefficient (Wildman–Crippen LogP) is 3.47. The van der Waals surface area contributed by atoms with Crippen LogP contribution in [0.25, 0.3) is 0 Å². The molecule has 1 aromatic heterocycles. The van der Waals surface area contributed by atoms with E-state index in [-0.39, 0.29) is 11.9 Å². The van der Waals surface area contributed by atoms with Crippen LogP contribution >= 0.6 is 0 Å². The van der Waals surface area contributed by atoms with Crippen molar-refractivity contribution >= 4 is 5.95 Å². The normalized spacial score (nSPS) is 12.3. The number of halogens is 1. The van der Waals surface area contributed by atoms with Gasteiger partial charge in [-0.05, 0) is 38.0 Å². The Bertz CT molecular complexity index is 539. The molecule has 0 aliphatic rings. The van der Waals surface area contributed by atoms with E-state index in [2.05, 4.69) is 17.2 Å². The van der Waals surface area contributed by atoms with Gasteiger partial charge >= 0.3 is 0 Å². The summed E-state index contributed by atoms with van der Waals surface area (Å²) in [4.78, 5) is 4.34. The summed E-state index contributed by atoms with van der Waals surface area (Å²) in [5.41, 5.74) is 1.05. The van der Waals surface area contributed by atoms with E-state index in [9.17, 15) is 4.39 Å². The first-order valence-electron chi connectivity index (χ1n) is 7.32. The van der Waals surface area contributed by atoms with Crippen LogP contribution in [0.3, 0.4) is 0 Å². The van der Waals surface area contributed by atoms with Crippen LogP contribution < -0.4 is 5.32 Å². The average Bonchev–Trinajstić information content (AvgIpc) is 2.95. The summed E-state index contributed by atoms with van der Waals surface area (Å²) in [6.45, 7) is 6.37. The van der Waals surface area contributed by atoms with Gasteiger partial charge in [-0.15, -0.1) is 0 Å². The van der Waals surface area contributed by atoms with Crippen LogP contribution in [0.5, 0.6) is 0 Å². The first kappa shape index (κ1) is 15.5. The standard InChI is InChI=1S/C16H22FN3O/c1-3-21-12-4-9-18-16-19-10-11-20(16)13(2)14-5-7-15(17)8-6-14/h5-8,10-11,13H,3-4,9,12H2,1-2H3,(H,18,19). The van der Waals surface area contributed by atoms with Gasteiger partial charge in [-0.1, -0.05) is 12.1 Å². The molecule has 0 aliphatic heterocycles. The van der Waals surface area contributed by atoms with Gasteiger partial charge in [-0.2, -0.15) is 0 Å². The summed E-state index contributed by atoms with van der Waals surface area (Å²) in [5, 5.41) is 3.31. The summed E-state index contributed by atoms with van der Waals surface area (Å²) < 4.78 is 20.4. The van der Waals surface area contributed by atoms with E-state index in [4.69, 9.17) is 4.74 Å². The molecule has 0 bridgehead atoms. The lowest BCUT2D eigenvalue weighted by molar-refractivity contribution is 0.147. The first-order chi connectivity index (χ1) is 10.2. The number of anilines is 1. The third-order valence-corrected chi connectivity index (χ3v) is 3.39. The molecule has 0 aliphatic carbocycles. The van der Waals surface area contributed by atoms with Gasteiger partial charge in [0, 0.05) is 32.2 Å². The van der Waals surface area contributed by atoms with Crippen LogP contribution in [0.4, 0.5) is 10.3 Å². The molecular formula is C16H22FN3O. The molecule has 21 heavy (non-hydrogen) atoms. The highest BCUT2D eigenvalue weighted by Gasteiger charge is 2.11. The van der Waals surface area contributed by atoms with Crippen LogP contribution in [-0.4, -0.2) is 29.3 Å². The Kier molecular flexibility index (Phi) is 5.75. The molecule has 0 radical (unpaired) electrons. The SMILES string of the molecule is CCOCCCNc1nccn1C(C)c1ccc(F)cc1. The lowest BCUT2D eigenvalue weighted by atomic mass is 10.1. The van der Waals surface area contributed by atoms with Crippen molar-refractivity contribution in [1.82, 2.24) is 9.55 Å². The molecule has 4 nitrogen and oxygen atoms in total. The van der Waals surface area contributed by atoms with Gasteiger partial charge in [-0.25, -0.2) is 9.37 Å². The Morgan fingerprint density at radius 3 is 2.81 bits per heavy atom. The number of rotatable bonds is 8. The van der Waals surface area contributed by atoms with Crippen molar-refractivity contribution in [3.63, 3.8) is 0 Å². The second kappa shape index (κ2) is 7.78. The van der Waals surface area contributed by atoms with Gasteiger partial charge < -0.3 is 14.6 Å². The fourth-order valence-corrected chi connectivity index (χ4v) is 2.18. The third-order valence-electron chi connectivity index (χ3n) is 3.39. The van der Waals surface area contributed by atoms with E-state index in [0.717, 1.165) is 37.7 Å². The molecule has 1 heterocycles. The fourth-order valence-electron chi connectivity index (χ4n) is 2.18. The predicted molar refractivity (Wildman–Crippen MR) is 82.0 cm³/mol. The number of hydrogen-bond donors (Lipinski definition) is 1. The number of nitrogens with one attached hydrogen (secondary N) is 1. The van der Waals surface area contributed by atoms with Crippen LogP contribution in [-0.2, 0) is 4.74 Å². The molecule has 5 heteroatoms. The monoisotopic (exact) mass is 291 g/mol. The molecule has 1 N–H and O–H groups in total. The Hall–Kier alpha value is -1.88. The van der Waals surface area contributed by atoms with Gasteiger partial charge in [0.25, 0.3) is 0 Å². The van der Waals surface area contributed by atoms with E-state index >= 15 is 0 Å². The van der Waals surface area contributed by atoms with Crippen LogP contribution in [0.1, 0.15) is 31.9 Å². The summed E-state index contributed by atoms with van der Waals surface area (Å²) in [5.74, 6) is 0.606. The maximum Gasteiger partial charge on any atom is 0.203 e. The fraction of sp³-hybridized carbons (Fsp3) is 0.438. The molecular weight excluding hydrogens is 269 g/mol. The van der Waals surface area contributed by atoms with Crippen molar-refractivity contribution in [2.75, 3.05) is 25.1 Å². The van der Waals surface area contributed by atoms with E-state index < -0.39 is 0 Å². The first-order valence-corrected chi connectivity index (χ1v) is 7.32. The molecule has 2 aromatic rings.